The Morgan fingerprint density at radius 2 is 1.16 bits per heavy atom. The molecule has 0 radical (unpaired) electrons. The summed E-state index contributed by atoms with van der Waals surface area (Å²) in [6.45, 7) is 0.0314. The lowest BCUT2D eigenvalue weighted by Crippen LogP contribution is -2.62. The number of phenols is 1. The van der Waals surface area contributed by atoms with Crippen LogP contribution in [0.4, 0.5) is 0 Å². The molecular weight excluding hydrogens is 1760 g/mol. The highest BCUT2D eigenvalue weighted by atomic mass is 32.2. The number of thiophene rings is 1. The number of aromatic nitrogens is 3. The van der Waals surface area contributed by atoms with Crippen LogP contribution in [0.5, 0.6) is 5.75 Å². The first kappa shape index (κ1) is 104. The summed E-state index contributed by atoms with van der Waals surface area (Å²) in [6, 6.07) is -1.33. The van der Waals surface area contributed by atoms with E-state index in [1.54, 1.807) is 66.2 Å². The maximum atomic E-state index is 15.7. The van der Waals surface area contributed by atoms with Crippen LogP contribution >= 0.6 is 23.1 Å². The number of phenolic OH excluding ortho intramolecular Hbond substituents is 1. The molecule has 8 rings (SSSR count). The zero-order valence-electron chi connectivity index (χ0n) is 74.0. The molecule has 2 aliphatic rings. The second-order valence-electron chi connectivity index (χ2n) is 32.4. The molecule has 46 heteroatoms. The molecule has 0 bridgehead atoms. The zero-order chi connectivity index (χ0) is 96.6. The molecule has 2 aliphatic heterocycles. The van der Waals surface area contributed by atoms with Gasteiger partial charge in [0.25, 0.3) is 0 Å². The van der Waals surface area contributed by atoms with Crippen molar-refractivity contribution in [3.63, 3.8) is 0 Å². The van der Waals surface area contributed by atoms with Gasteiger partial charge in [-0.1, -0.05) is 88.1 Å². The maximum Gasteiger partial charge on any atom is 0.248 e. The molecule has 718 valence electrons. The van der Waals surface area contributed by atoms with Gasteiger partial charge in [-0.2, -0.15) is 0 Å². The van der Waals surface area contributed by atoms with E-state index in [0.29, 0.717) is 70.8 Å². The quantitative estimate of drug-likeness (QED) is 0.00964. The number of fused-ring (bicyclic) bond motifs is 2. The number of benzene rings is 3. The fourth-order valence-corrected chi connectivity index (χ4v) is 17.4. The third-order valence-electron chi connectivity index (χ3n) is 22.8. The molecular formula is C86H121N23O21S2. The van der Waals surface area contributed by atoms with Crippen LogP contribution in [-0.2, 0) is 102 Å². The Morgan fingerprint density at radius 3 is 1.80 bits per heavy atom. The molecule has 0 aliphatic carbocycles. The van der Waals surface area contributed by atoms with Gasteiger partial charge in [-0.25, -0.2) is 4.98 Å². The van der Waals surface area contributed by atoms with E-state index in [1.165, 1.54) is 62.0 Å². The average molecular weight is 1880 g/mol. The fraction of sp³-hybridized carbons (Fsp3) is 0.512. The molecule has 16 amide bonds. The van der Waals surface area contributed by atoms with Gasteiger partial charge in [-0.15, -0.1) is 23.1 Å². The number of nitrogens with zero attached hydrogens (tertiary/aromatic N) is 5. The molecule has 15 atom stereocenters. The number of aliphatic hydroxyl groups excluding tert-OH is 4. The highest BCUT2D eigenvalue weighted by Gasteiger charge is 2.46. The van der Waals surface area contributed by atoms with Crippen molar-refractivity contribution in [2.45, 2.75) is 207 Å². The van der Waals surface area contributed by atoms with Crippen molar-refractivity contribution in [2.75, 3.05) is 72.1 Å². The minimum absolute atomic E-state index is 0.00575. The SMILES string of the molecule is CCCC[C@@H](C(=O)N(C)[C@@H](CCCC)C(=O)N[C@@H](CCCNC(=N)N)C(=O)NC(CSCC(=O)N[C@@H](Cc1ccc(O)cc1)C(=O)NC)C(=O)N[C@@H](CO)C(N)=O)N(C)C(=O)[C@H](Cc1csc2ccccc12)NC(=O)[C@H](CO)NC(=O)[C@H](Cc1c[nH]c2ccccc12)NC(=O)[C@@H]1C[C@@H](O)CN1C(=O)[C@H](CO)NC(=O)[C@H](Cc1cnc[nH]1)NC(=O)[C@@H]1CCCN1C(=O)[C@@H](N)CC(N)=O. The van der Waals surface area contributed by atoms with Gasteiger partial charge in [-0.05, 0) is 90.2 Å². The highest BCUT2D eigenvalue weighted by Crippen LogP contribution is 2.29. The Labute approximate surface area is 768 Å². The van der Waals surface area contributed by atoms with Crippen LogP contribution in [0.15, 0.2) is 96.9 Å². The number of β-amino-alcohol motifs (C(OH)–C–C–N with tert-alkyl or cyclic N) is 1. The Morgan fingerprint density at radius 1 is 0.591 bits per heavy atom. The number of para-hydroxylation sites is 1. The number of carbonyl (C=O) groups excluding carboxylic acids is 16. The number of carbonyl (C=O) groups is 16. The number of amides is 16. The van der Waals surface area contributed by atoms with Crippen molar-refractivity contribution in [1.82, 2.24) is 93.0 Å². The number of unbranched alkanes of at least 4 members (excludes halogenated alkanes) is 2. The second-order valence-corrected chi connectivity index (χ2v) is 34.4. The first-order chi connectivity index (χ1) is 63.0. The molecule has 132 heavy (non-hydrogen) atoms. The summed E-state index contributed by atoms with van der Waals surface area (Å²) in [5.41, 5.74) is 24.9. The van der Waals surface area contributed by atoms with E-state index in [4.69, 9.17) is 28.3 Å². The van der Waals surface area contributed by atoms with Crippen molar-refractivity contribution >= 4 is 145 Å². The monoisotopic (exact) mass is 1880 g/mol. The van der Waals surface area contributed by atoms with E-state index in [2.05, 4.69) is 73.4 Å². The van der Waals surface area contributed by atoms with Gasteiger partial charge in [0.15, 0.2) is 5.96 Å². The largest absolute Gasteiger partial charge is 0.508 e. The lowest BCUT2D eigenvalue weighted by atomic mass is 10.00. The molecule has 27 N–H and O–H groups in total. The van der Waals surface area contributed by atoms with E-state index in [-0.39, 0.29) is 76.6 Å². The first-order valence-electron chi connectivity index (χ1n) is 43.4. The fourth-order valence-electron chi connectivity index (χ4n) is 15.5. The number of imidazole rings is 1. The van der Waals surface area contributed by atoms with E-state index in [1.807, 2.05) is 19.9 Å². The van der Waals surface area contributed by atoms with Gasteiger partial charge in [0.2, 0.25) is 94.5 Å². The third kappa shape index (κ3) is 29.6. The first-order valence-corrected chi connectivity index (χ1v) is 45.4. The number of aromatic amines is 2. The van der Waals surface area contributed by atoms with Crippen LogP contribution in [0, 0.1) is 5.41 Å². The third-order valence-corrected chi connectivity index (χ3v) is 24.8. The van der Waals surface area contributed by atoms with Crippen molar-refractivity contribution < 1.29 is 102 Å². The standard InChI is InChI=1S/C86H121N23O21S2/c1-6-8-20-65(79(124)98-56(19-14-28-94-86(90)91)74(119)105-64(78(123)102-61(39-110)72(89)117)43-131-44-71(116)97-57(73(118)92-3)30-46-24-26-50(113)27-25-46)106(4)85(130)67(21-9-7-2)107(5)83(128)60(32-48-42-132-69-23-13-11-17-53(48)69)101-77(122)62(40-111)103-75(120)58(31-47-36-95-55-18-12-10-16-52(47)55)99-81(126)68-34-51(114)38-109(68)84(129)63(41-112)104-76(121)59(33-49-37-93-45-96-49)100-80(125)66-22-15-29-108(66)82(127)54(87)35-70(88)115/h10-13,16-18,23-27,36-37,42,45,51,54,56-68,95,110-114H,6-9,14-15,19-22,28-35,38-41,43-44,87H2,1-5H3,(H2,88,115)(H2,89,117)(H,92,118)(H,93,96)(H,97,116)(H,98,124)(H,99,126)(H,100,125)(H,101,122)(H,102,123)(H,103,120)(H,104,121)(H,105,119)(H4,90,91,94)/t51-,54+,56+,57+,58+,59+,60+,61+,62+,63+,64?,65+,66+,67+,68+/m1/s1. The predicted octanol–water partition coefficient (Wildman–Crippen LogP) is -5.16. The van der Waals surface area contributed by atoms with Crippen molar-refractivity contribution in [3.05, 3.63) is 119 Å². The number of aromatic hydroxyl groups is 1. The van der Waals surface area contributed by atoms with Crippen molar-refractivity contribution in [3.8, 4) is 5.75 Å². The van der Waals surface area contributed by atoms with Crippen LogP contribution < -0.4 is 81.4 Å². The molecule has 0 saturated carbocycles. The van der Waals surface area contributed by atoms with Gasteiger partial charge in [0.1, 0.15) is 84.3 Å². The molecule has 3 aromatic heterocycles. The van der Waals surface area contributed by atoms with Gasteiger partial charge in [-0.3, -0.25) is 82.1 Å². The number of likely N-dealkylation sites (N-methyl/N-ethyl adjacent to an activating group) is 3. The summed E-state index contributed by atoms with van der Waals surface area (Å²) < 4.78 is 0.796. The van der Waals surface area contributed by atoms with E-state index in [0.717, 1.165) is 31.2 Å². The smallest absolute Gasteiger partial charge is 0.248 e. The summed E-state index contributed by atoms with van der Waals surface area (Å²) in [7, 11) is 4.03. The predicted molar refractivity (Wildman–Crippen MR) is 485 cm³/mol. The Kier molecular flexibility index (Phi) is 40.4. The number of H-pyrrole nitrogens is 2. The number of hydrogen-bond donors (Lipinski definition) is 23. The molecule has 0 spiro atoms. The van der Waals surface area contributed by atoms with Crippen LogP contribution in [0.2, 0.25) is 0 Å². The molecule has 5 heterocycles. The number of thioether (sulfide) groups is 1. The molecule has 3 aromatic carbocycles. The average Bonchev–Trinajstić information content (AvgIpc) is 1.22. The van der Waals surface area contributed by atoms with Gasteiger partial charge >= 0.3 is 0 Å². The number of hydrogen-bond acceptors (Lipinski definition) is 26. The normalized spacial score (nSPS) is 16.9. The van der Waals surface area contributed by atoms with Gasteiger partial charge < -0.3 is 137 Å². The molecule has 44 nitrogen and oxygen atoms in total. The summed E-state index contributed by atoms with van der Waals surface area (Å²) in [6.07, 6.45) is 2.95. The number of likely N-dealkylation sites (tertiary alicyclic amines) is 2. The number of guanidine groups is 1. The van der Waals surface area contributed by atoms with E-state index >= 15 is 24.0 Å². The minimum Gasteiger partial charge on any atom is -0.508 e. The van der Waals surface area contributed by atoms with Crippen LogP contribution in [0.25, 0.3) is 21.0 Å². The molecule has 2 saturated heterocycles. The molecule has 6 aromatic rings. The molecule has 1 unspecified atom stereocenters. The lowest BCUT2D eigenvalue weighted by Gasteiger charge is -2.36. The number of aliphatic hydroxyl groups is 4. The van der Waals surface area contributed by atoms with Crippen molar-refractivity contribution in [1.29, 1.82) is 5.41 Å². The summed E-state index contributed by atoms with van der Waals surface area (Å²) in [5.74, 6) is -15.9. The van der Waals surface area contributed by atoms with E-state index < -0.39 is 242 Å². The Bertz CT molecular complexity index is 5020. The second kappa shape index (κ2) is 51.1. The lowest BCUT2D eigenvalue weighted by molar-refractivity contribution is -0.149. The van der Waals surface area contributed by atoms with Crippen LogP contribution in [0.1, 0.15) is 113 Å². The summed E-state index contributed by atoms with van der Waals surface area (Å²) >= 11 is 2.15. The zero-order valence-corrected chi connectivity index (χ0v) is 75.6. The highest BCUT2D eigenvalue weighted by molar-refractivity contribution is 8.00. The number of rotatable bonds is 52. The minimum atomic E-state index is -1.91. The van der Waals surface area contributed by atoms with Crippen molar-refractivity contribution in [2.24, 2.45) is 22.9 Å². The number of primary amides is 2. The number of nitrogens with two attached hydrogens (primary N) is 4. The van der Waals surface area contributed by atoms with Gasteiger partial charge in [0, 0.05) is 112 Å². The summed E-state index contributed by atoms with van der Waals surface area (Å²) in [4.78, 5) is 242. The van der Waals surface area contributed by atoms with E-state index in [9.17, 15) is 78.3 Å². The maximum absolute atomic E-state index is 15.7. The van der Waals surface area contributed by atoms with Gasteiger partial charge in [0.05, 0.1) is 50.5 Å². The van der Waals surface area contributed by atoms with Crippen LogP contribution in [-0.4, -0.2) is 323 Å². The Balaban J connectivity index is 1.02. The van der Waals surface area contributed by atoms with Crippen LogP contribution in [0.3, 0.4) is 0 Å². The topological polar surface area (TPSA) is 692 Å². The Hall–Kier alpha value is -12.9. The number of nitrogens with one attached hydrogen (secondary N) is 14. The summed E-state index contributed by atoms with van der Waals surface area (Å²) in [5, 5.41) is 92.2. The molecule has 2 fully saturated rings.